The van der Waals surface area contributed by atoms with Gasteiger partial charge in [-0.15, -0.1) is 11.8 Å². The van der Waals surface area contributed by atoms with Gasteiger partial charge in [-0.3, -0.25) is 4.79 Å². The number of piperazine rings is 1. The number of thioether (sulfide) groups is 1. The molecule has 0 aliphatic carbocycles. The second kappa shape index (κ2) is 9.13. The molecule has 1 aromatic rings. The van der Waals surface area contributed by atoms with Crippen molar-refractivity contribution in [3.8, 4) is 11.5 Å². The van der Waals surface area contributed by atoms with Crippen molar-refractivity contribution < 1.29 is 27.8 Å². The Bertz CT molecular complexity index is 763. The topological polar surface area (TPSA) is 96.4 Å². The van der Waals surface area contributed by atoms with Crippen molar-refractivity contribution in [3.05, 3.63) is 18.2 Å². The average Bonchev–Trinajstić information content (AvgIpc) is 2.93. The van der Waals surface area contributed by atoms with Crippen LogP contribution in [0.5, 0.6) is 11.5 Å². The molecule has 2 aliphatic rings. The van der Waals surface area contributed by atoms with E-state index in [0.29, 0.717) is 49.3 Å². The van der Waals surface area contributed by atoms with Crippen molar-refractivity contribution in [1.82, 2.24) is 9.21 Å². The number of nitrogens with zero attached hydrogens (tertiary/aromatic N) is 2. The highest BCUT2D eigenvalue weighted by Gasteiger charge is 2.30. The molecule has 3 rings (SSSR count). The number of aliphatic hydroxyl groups excluding tert-OH is 1. The van der Waals surface area contributed by atoms with E-state index >= 15 is 0 Å². The van der Waals surface area contributed by atoms with Crippen molar-refractivity contribution in [2.45, 2.75) is 11.3 Å². The highest BCUT2D eigenvalue weighted by molar-refractivity contribution is 7.99. The lowest BCUT2D eigenvalue weighted by atomic mass is 10.3. The van der Waals surface area contributed by atoms with Crippen LogP contribution in [0.15, 0.2) is 23.1 Å². The molecule has 0 atom stereocenters. The molecule has 0 bridgehead atoms. The van der Waals surface area contributed by atoms with E-state index in [2.05, 4.69) is 0 Å². The molecule has 0 saturated carbocycles. The Kier molecular flexibility index (Phi) is 6.85. The summed E-state index contributed by atoms with van der Waals surface area (Å²) in [6.45, 7) is 2.32. The zero-order chi connectivity index (χ0) is 19.3. The minimum absolute atomic E-state index is 0.0268. The number of sulfonamides is 1. The van der Waals surface area contributed by atoms with Gasteiger partial charge in [0.2, 0.25) is 15.9 Å². The van der Waals surface area contributed by atoms with Gasteiger partial charge >= 0.3 is 0 Å². The smallest absolute Gasteiger partial charge is 0.243 e. The molecule has 0 aromatic heterocycles. The van der Waals surface area contributed by atoms with Crippen LogP contribution in [-0.4, -0.2) is 86.1 Å². The summed E-state index contributed by atoms with van der Waals surface area (Å²) in [4.78, 5) is 14.0. The maximum Gasteiger partial charge on any atom is 0.243 e. The lowest BCUT2D eigenvalue weighted by molar-refractivity contribution is -0.129. The molecule has 1 saturated heterocycles. The third-order valence-corrected chi connectivity index (χ3v) is 7.23. The second-order valence-electron chi connectivity index (χ2n) is 6.22. The fourth-order valence-electron chi connectivity index (χ4n) is 2.95. The molecule has 150 valence electrons. The molecule has 1 fully saturated rings. The van der Waals surface area contributed by atoms with Gasteiger partial charge in [0, 0.05) is 44.4 Å². The van der Waals surface area contributed by atoms with Crippen molar-refractivity contribution >= 4 is 27.7 Å². The van der Waals surface area contributed by atoms with Crippen LogP contribution in [0, 0.1) is 0 Å². The van der Waals surface area contributed by atoms with E-state index in [1.807, 2.05) is 0 Å². The third kappa shape index (κ3) is 4.87. The van der Waals surface area contributed by atoms with Gasteiger partial charge in [-0.1, -0.05) is 0 Å². The van der Waals surface area contributed by atoms with Gasteiger partial charge in [-0.2, -0.15) is 4.31 Å². The first kappa shape index (κ1) is 20.2. The molecule has 0 spiro atoms. The molecule has 1 aromatic carbocycles. The van der Waals surface area contributed by atoms with Crippen LogP contribution in [0.4, 0.5) is 0 Å². The summed E-state index contributed by atoms with van der Waals surface area (Å²) in [7, 11) is -3.66. The summed E-state index contributed by atoms with van der Waals surface area (Å²) in [5, 5.41) is 8.78. The lowest BCUT2D eigenvalue weighted by Gasteiger charge is -2.34. The van der Waals surface area contributed by atoms with Gasteiger partial charge in [0.15, 0.2) is 11.5 Å². The number of amides is 1. The van der Waals surface area contributed by atoms with Crippen molar-refractivity contribution in [2.24, 2.45) is 0 Å². The fourth-order valence-corrected chi connectivity index (χ4v) is 5.02. The average molecular weight is 417 g/mol. The Balaban J connectivity index is 1.63. The second-order valence-corrected chi connectivity index (χ2v) is 9.26. The number of hydrogen-bond donors (Lipinski definition) is 1. The standard InChI is InChI=1S/C17H24N2O6S2/c20-8-11-26-13-17(21)18-4-6-19(7-5-18)27(22,23)14-2-3-15-16(12-14)25-10-1-9-24-15/h2-3,12,20H,1,4-11,13H2. The SMILES string of the molecule is O=C(CSCCO)N1CCN(S(=O)(=O)c2ccc3c(c2)OCCCO3)CC1. The molecule has 10 heteroatoms. The predicted molar refractivity (Wildman–Crippen MR) is 102 cm³/mol. The van der Waals surface area contributed by atoms with Crippen LogP contribution in [0.25, 0.3) is 0 Å². The van der Waals surface area contributed by atoms with Crippen molar-refractivity contribution in [3.63, 3.8) is 0 Å². The zero-order valence-electron chi connectivity index (χ0n) is 15.0. The summed E-state index contributed by atoms with van der Waals surface area (Å²) in [5.41, 5.74) is 0. The molecule has 2 heterocycles. The summed E-state index contributed by atoms with van der Waals surface area (Å²) < 4.78 is 38.4. The number of carbonyl (C=O) groups is 1. The van der Waals surface area contributed by atoms with Gasteiger partial charge in [0.05, 0.1) is 30.5 Å². The van der Waals surface area contributed by atoms with Gasteiger partial charge in [0.25, 0.3) is 0 Å². The number of fused-ring (bicyclic) bond motifs is 1. The van der Waals surface area contributed by atoms with E-state index in [4.69, 9.17) is 14.6 Å². The van der Waals surface area contributed by atoms with Gasteiger partial charge in [-0.25, -0.2) is 8.42 Å². The highest BCUT2D eigenvalue weighted by Crippen LogP contribution is 2.33. The van der Waals surface area contributed by atoms with Crippen LogP contribution < -0.4 is 9.47 Å². The highest BCUT2D eigenvalue weighted by atomic mass is 32.2. The van der Waals surface area contributed by atoms with Crippen LogP contribution in [-0.2, 0) is 14.8 Å². The van der Waals surface area contributed by atoms with E-state index in [9.17, 15) is 13.2 Å². The first-order valence-corrected chi connectivity index (χ1v) is 11.5. The largest absolute Gasteiger partial charge is 0.490 e. The molecular weight excluding hydrogens is 392 g/mol. The Labute approximate surface area is 163 Å². The monoisotopic (exact) mass is 416 g/mol. The lowest BCUT2D eigenvalue weighted by Crippen LogP contribution is -2.51. The van der Waals surface area contributed by atoms with Crippen LogP contribution >= 0.6 is 11.8 Å². The van der Waals surface area contributed by atoms with E-state index < -0.39 is 10.0 Å². The number of aliphatic hydroxyl groups is 1. The minimum atomic E-state index is -3.66. The first-order valence-electron chi connectivity index (χ1n) is 8.88. The summed E-state index contributed by atoms with van der Waals surface area (Å²) >= 11 is 1.37. The number of carbonyl (C=O) groups excluding carboxylic acids is 1. The normalized spacial score (nSPS) is 18.2. The molecule has 0 unspecified atom stereocenters. The van der Waals surface area contributed by atoms with Crippen molar-refractivity contribution in [1.29, 1.82) is 0 Å². The van der Waals surface area contributed by atoms with Gasteiger partial charge in [-0.05, 0) is 12.1 Å². The van der Waals surface area contributed by atoms with Crippen LogP contribution in [0.2, 0.25) is 0 Å². The molecule has 8 nitrogen and oxygen atoms in total. The quantitative estimate of drug-likeness (QED) is 0.671. The molecule has 1 N–H and O–H groups in total. The van der Waals surface area contributed by atoms with Crippen LogP contribution in [0.1, 0.15) is 6.42 Å². The molecular formula is C17H24N2O6S2. The molecule has 1 amide bonds. The van der Waals surface area contributed by atoms with Gasteiger partial charge < -0.3 is 19.5 Å². The fraction of sp³-hybridized carbons (Fsp3) is 0.588. The first-order chi connectivity index (χ1) is 13.0. The summed E-state index contributed by atoms with van der Waals surface area (Å²) in [6.07, 6.45) is 0.753. The Hall–Kier alpha value is -1.49. The van der Waals surface area contributed by atoms with Crippen LogP contribution in [0.3, 0.4) is 0 Å². The third-order valence-electron chi connectivity index (χ3n) is 4.41. The summed E-state index contributed by atoms with van der Waals surface area (Å²) in [6, 6.07) is 4.68. The summed E-state index contributed by atoms with van der Waals surface area (Å²) in [5.74, 6) is 1.80. The maximum absolute atomic E-state index is 12.9. The molecule has 2 aliphatic heterocycles. The maximum atomic E-state index is 12.9. The number of hydrogen-bond acceptors (Lipinski definition) is 7. The Morgan fingerprint density at radius 3 is 2.52 bits per heavy atom. The van der Waals surface area contributed by atoms with E-state index in [1.54, 1.807) is 11.0 Å². The zero-order valence-corrected chi connectivity index (χ0v) is 16.6. The van der Waals surface area contributed by atoms with E-state index in [-0.39, 0.29) is 30.5 Å². The number of ether oxygens (including phenoxy) is 2. The molecule has 0 radical (unpaired) electrons. The van der Waals surface area contributed by atoms with Crippen molar-refractivity contribution in [2.75, 3.05) is 57.5 Å². The Morgan fingerprint density at radius 1 is 1.11 bits per heavy atom. The van der Waals surface area contributed by atoms with E-state index in [0.717, 1.165) is 6.42 Å². The Morgan fingerprint density at radius 2 is 1.81 bits per heavy atom. The number of benzene rings is 1. The minimum Gasteiger partial charge on any atom is -0.490 e. The van der Waals surface area contributed by atoms with Gasteiger partial charge in [0.1, 0.15) is 0 Å². The predicted octanol–water partition coefficient (Wildman–Crippen LogP) is 0.406. The van der Waals surface area contributed by atoms with E-state index in [1.165, 1.54) is 28.2 Å². The number of rotatable bonds is 6. The molecule has 27 heavy (non-hydrogen) atoms.